The molecule has 4 nitrogen and oxygen atoms in total. The molecule has 0 unspecified atom stereocenters. The molecule has 4 heteroatoms. The molecule has 0 rings (SSSR count). The van der Waals surface area contributed by atoms with Crippen molar-refractivity contribution in [2.45, 2.75) is 58.3 Å². The van der Waals surface area contributed by atoms with Crippen molar-refractivity contribution in [2.75, 3.05) is 33.4 Å². The zero-order valence-electron chi connectivity index (χ0n) is 12.9. The van der Waals surface area contributed by atoms with Gasteiger partial charge in [-0.05, 0) is 13.0 Å². The van der Waals surface area contributed by atoms with E-state index in [1.807, 2.05) is 0 Å². The van der Waals surface area contributed by atoms with Crippen LogP contribution in [0.3, 0.4) is 0 Å². The van der Waals surface area contributed by atoms with Crippen molar-refractivity contribution < 1.29 is 4.74 Å². The van der Waals surface area contributed by atoms with Gasteiger partial charge in [0.1, 0.15) is 0 Å². The maximum Gasteiger partial charge on any atom is 0.0918 e. The summed E-state index contributed by atoms with van der Waals surface area (Å²) in [5.41, 5.74) is 5.42. The zero-order valence-corrected chi connectivity index (χ0v) is 12.9. The highest BCUT2D eigenvalue weighted by atomic mass is 16.5. The van der Waals surface area contributed by atoms with E-state index in [0.29, 0.717) is 6.42 Å². The van der Waals surface area contributed by atoms with Crippen LogP contribution in [0, 0.1) is 5.41 Å². The number of hydrogen-bond donors (Lipinski definition) is 2. The first kappa shape index (κ1) is 18.4. The molecule has 0 radical (unpaired) electrons. The highest BCUT2D eigenvalue weighted by molar-refractivity contribution is 5.76. The van der Waals surface area contributed by atoms with E-state index in [1.165, 1.54) is 44.9 Å². The second kappa shape index (κ2) is 13.8. The van der Waals surface area contributed by atoms with Crippen LogP contribution < -0.4 is 5.73 Å². The second-order valence-corrected chi connectivity index (χ2v) is 5.23. The Balaban J connectivity index is 3.57. The number of ether oxygens (including phenoxy) is 1. The van der Waals surface area contributed by atoms with Crippen LogP contribution in [0.1, 0.15) is 58.3 Å². The lowest BCUT2D eigenvalue weighted by atomic mass is 10.1. The van der Waals surface area contributed by atoms with Gasteiger partial charge in [-0.1, -0.05) is 45.4 Å². The third-order valence-corrected chi connectivity index (χ3v) is 3.39. The third-order valence-electron chi connectivity index (χ3n) is 3.39. The van der Waals surface area contributed by atoms with Crippen LogP contribution in [0.2, 0.25) is 0 Å². The van der Waals surface area contributed by atoms with Gasteiger partial charge in [0.15, 0.2) is 0 Å². The van der Waals surface area contributed by atoms with Crippen LogP contribution in [0.25, 0.3) is 0 Å². The number of amidine groups is 1. The molecular weight excluding hydrogens is 238 g/mol. The summed E-state index contributed by atoms with van der Waals surface area (Å²) in [7, 11) is 1.73. The van der Waals surface area contributed by atoms with E-state index in [1.54, 1.807) is 7.11 Å². The molecule has 0 amide bonds. The summed E-state index contributed by atoms with van der Waals surface area (Å²) >= 11 is 0. The topological polar surface area (TPSA) is 62.3 Å². The minimum Gasteiger partial charge on any atom is -0.388 e. The number of nitrogens with zero attached hydrogens (tertiary/aromatic N) is 1. The van der Waals surface area contributed by atoms with Crippen molar-refractivity contribution in [1.82, 2.24) is 4.90 Å². The Kier molecular flexibility index (Phi) is 13.4. The predicted octanol–water partition coefficient (Wildman–Crippen LogP) is 3.01. The molecule has 0 fully saturated rings. The van der Waals surface area contributed by atoms with Crippen molar-refractivity contribution in [3.63, 3.8) is 0 Å². The van der Waals surface area contributed by atoms with Crippen LogP contribution >= 0.6 is 0 Å². The van der Waals surface area contributed by atoms with E-state index in [2.05, 4.69) is 11.8 Å². The first-order chi connectivity index (χ1) is 9.20. The van der Waals surface area contributed by atoms with Gasteiger partial charge >= 0.3 is 0 Å². The molecule has 0 bridgehead atoms. The normalized spacial score (nSPS) is 11.1. The average molecular weight is 271 g/mol. The Morgan fingerprint density at radius 1 is 1.00 bits per heavy atom. The van der Waals surface area contributed by atoms with Crippen LogP contribution in [-0.4, -0.2) is 44.1 Å². The van der Waals surface area contributed by atoms with E-state index in [4.69, 9.17) is 15.9 Å². The SMILES string of the molecule is CCCCCCCCCN(CCOC)CCC(=N)N. The van der Waals surface area contributed by atoms with E-state index in [0.717, 1.165) is 26.2 Å². The fourth-order valence-electron chi connectivity index (χ4n) is 2.13. The summed E-state index contributed by atoms with van der Waals surface area (Å²) < 4.78 is 5.12. The molecule has 0 spiro atoms. The summed E-state index contributed by atoms with van der Waals surface area (Å²) in [6.45, 7) is 5.94. The Labute approximate surface area is 119 Å². The van der Waals surface area contributed by atoms with Gasteiger partial charge in [0.25, 0.3) is 0 Å². The number of rotatable bonds is 14. The van der Waals surface area contributed by atoms with Crippen LogP contribution in [0.4, 0.5) is 0 Å². The van der Waals surface area contributed by atoms with Crippen LogP contribution in [0.15, 0.2) is 0 Å². The fourth-order valence-corrected chi connectivity index (χ4v) is 2.13. The molecule has 0 aliphatic carbocycles. The maximum atomic E-state index is 7.29. The fraction of sp³-hybridized carbons (Fsp3) is 0.933. The van der Waals surface area contributed by atoms with Gasteiger partial charge in [0.05, 0.1) is 12.4 Å². The van der Waals surface area contributed by atoms with Crippen molar-refractivity contribution >= 4 is 5.84 Å². The Morgan fingerprint density at radius 2 is 1.63 bits per heavy atom. The molecule has 0 aliphatic heterocycles. The molecule has 0 saturated heterocycles. The van der Waals surface area contributed by atoms with Crippen molar-refractivity contribution in [3.05, 3.63) is 0 Å². The van der Waals surface area contributed by atoms with E-state index < -0.39 is 0 Å². The van der Waals surface area contributed by atoms with Gasteiger partial charge in [-0.25, -0.2) is 0 Å². The molecule has 0 aromatic heterocycles. The molecule has 0 aromatic rings. The van der Waals surface area contributed by atoms with Gasteiger partial charge in [-0.15, -0.1) is 0 Å². The monoisotopic (exact) mass is 271 g/mol. The quantitative estimate of drug-likeness (QED) is 0.290. The van der Waals surface area contributed by atoms with Crippen molar-refractivity contribution in [1.29, 1.82) is 5.41 Å². The molecule has 0 saturated carbocycles. The van der Waals surface area contributed by atoms with Crippen LogP contribution in [0.5, 0.6) is 0 Å². The summed E-state index contributed by atoms with van der Waals surface area (Å²) in [6, 6.07) is 0. The number of nitrogens with two attached hydrogens (primary N) is 1. The van der Waals surface area contributed by atoms with E-state index in [9.17, 15) is 0 Å². The molecule has 3 N–H and O–H groups in total. The average Bonchev–Trinajstić information content (AvgIpc) is 2.39. The largest absolute Gasteiger partial charge is 0.388 e. The van der Waals surface area contributed by atoms with Crippen molar-refractivity contribution in [3.8, 4) is 0 Å². The molecular formula is C15H33N3O. The number of nitrogens with one attached hydrogen (secondary N) is 1. The van der Waals surface area contributed by atoms with Gasteiger partial charge < -0.3 is 15.4 Å². The van der Waals surface area contributed by atoms with Crippen molar-refractivity contribution in [2.24, 2.45) is 5.73 Å². The van der Waals surface area contributed by atoms with Gasteiger partial charge in [-0.2, -0.15) is 0 Å². The van der Waals surface area contributed by atoms with E-state index >= 15 is 0 Å². The lowest BCUT2D eigenvalue weighted by Gasteiger charge is -2.21. The summed E-state index contributed by atoms with van der Waals surface area (Å²) in [5.74, 6) is 0.280. The predicted molar refractivity (Wildman–Crippen MR) is 82.8 cm³/mol. The summed E-state index contributed by atoms with van der Waals surface area (Å²) in [4.78, 5) is 2.36. The lowest BCUT2D eigenvalue weighted by Crippen LogP contribution is -2.31. The third kappa shape index (κ3) is 13.6. The van der Waals surface area contributed by atoms with E-state index in [-0.39, 0.29) is 5.84 Å². The number of methoxy groups -OCH3 is 1. The van der Waals surface area contributed by atoms with Crippen LogP contribution in [-0.2, 0) is 4.74 Å². The summed E-state index contributed by atoms with van der Waals surface area (Å²) in [5, 5.41) is 7.29. The molecule has 19 heavy (non-hydrogen) atoms. The minimum absolute atomic E-state index is 0.280. The highest BCUT2D eigenvalue weighted by Gasteiger charge is 2.05. The van der Waals surface area contributed by atoms with Gasteiger partial charge in [-0.3, -0.25) is 5.41 Å². The first-order valence-corrected chi connectivity index (χ1v) is 7.74. The van der Waals surface area contributed by atoms with Gasteiger partial charge in [0, 0.05) is 26.6 Å². The maximum absolute atomic E-state index is 7.29. The first-order valence-electron chi connectivity index (χ1n) is 7.74. The molecule has 0 atom stereocenters. The smallest absolute Gasteiger partial charge is 0.0918 e. The van der Waals surface area contributed by atoms with Gasteiger partial charge in [0.2, 0.25) is 0 Å². The Morgan fingerprint density at radius 3 is 2.21 bits per heavy atom. The molecule has 114 valence electrons. The molecule has 0 aliphatic rings. The standard InChI is InChI=1S/C15H33N3O/c1-3-4-5-6-7-8-9-11-18(13-14-19-2)12-10-15(16)17/h3-14H2,1-2H3,(H3,16,17). The highest BCUT2D eigenvalue weighted by Crippen LogP contribution is 2.07. The molecule has 0 heterocycles. The Bertz CT molecular complexity index is 210. The Hall–Kier alpha value is -0.610. The summed E-state index contributed by atoms with van der Waals surface area (Å²) in [6.07, 6.45) is 10.0. The molecule has 0 aromatic carbocycles. The zero-order chi connectivity index (χ0) is 14.3. The second-order valence-electron chi connectivity index (χ2n) is 5.23. The number of unbranched alkanes of at least 4 members (excludes halogenated alkanes) is 6. The minimum atomic E-state index is 0.280. The lowest BCUT2D eigenvalue weighted by molar-refractivity contribution is 0.148. The number of hydrogen-bond acceptors (Lipinski definition) is 3.